The van der Waals surface area contributed by atoms with E-state index in [9.17, 15) is 8.78 Å². The number of ether oxygens (including phenoxy) is 3. The van der Waals surface area contributed by atoms with Crippen LogP contribution in [0.1, 0.15) is 19.4 Å². The number of hydrogen-bond donors (Lipinski definition) is 0. The Bertz CT molecular complexity index is 502. The molecular formula is C16H21F2NO3. The number of nitrogens with zero attached hydrogens (tertiary/aromatic N) is 1. The molecule has 0 unspecified atom stereocenters. The molecular weight excluding hydrogens is 292 g/mol. The topological polar surface area (TPSA) is 30.9 Å². The summed E-state index contributed by atoms with van der Waals surface area (Å²) in [6.07, 6.45) is 3.63. The molecule has 0 radical (unpaired) electrons. The molecule has 122 valence electrons. The second-order valence-corrected chi connectivity index (χ2v) is 4.75. The second-order valence-electron chi connectivity index (χ2n) is 4.75. The van der Waals surface area contributed by atoms with Crippen molar-refractivity contribution >= 4 is 11.8 Å². The largest absolute Gasteiger partial charge is 0.435 e. The lowest BCUT2D eigenvalue weighted by Gasteiger charge is -2.31. The molecule has 4 nitrogen and oxygen atoms in total. The molecule has 0 atom stereocenters. The average Bonchev–Trinajstić information content (AvgIpc) is 2.48. The molecule has 1 aromatic carbocycles. The second kappa shape index (κ2) is 8.10. The molecule has 0 amide bonds. The fraction of sp³-hybridized carbons (Fsp3) is 0.500. The highest BCUT2D eigenvalue weighted by molar-refractivity contribution is 5.72. The Hall–Kier alpha value is -1.66. The maximum atomic E-state index is 12.4. The van der Waals surface area contributed by atoms with Crippen LogP contribution in [0.3, 0.4) is 0 Å². The quantitative estimate of drug-likeness (QED) is 0.687. The first kappa shape index (κ1) is 16.7. The maximum Gasteiger partial charge on any atom is 0.387 e. The Kier molecular flexibility index (Phi) is 6.15. The lowest BCUT2D eigenvalue weighted by Crippen LogP contribution is -2.37. The van der Waals surface area contributed by atoms with Crippen LogP contribution in [0.25, 0.3) is 6.08 Å². The minimum absolute atomic E-state index is 0.151. The van der Waals surface area contributed by atoms with Gasteiger partial charge >= 0.3 is 6.61 Å². The summed E-state index contributed by atoms with van der Waals surface area (Å²) in [5.41, 5.74) is 1.80. The van der Waals surface area contributed by atoms with Gasteiger partial charge in [-0.3, -0.25) is 0 Å². The molecule has 0 fully saturated rings. The predicted molar refractivity (Wildman–Crippen MR) is 81.4 cm³/mol. The molecule has 0 saturated heterocycles. The van der Waals surface area contributed by atoms with Crippen LogP contribution >= 0.6 is 0 Å². The standard InChI is InChI=1S/C16H21F2NO3/c1-3-20-15(21-4-2)11-19-9-5-6-12-7-8-13(10-14(12)19)22-16(17)18/h5-8,10,15-16H,3-4,9,11H2,1-2H3. The summed E-state index contributed by atoms with van der Waals surface area (Å²) in [5.74, 6) is 0.151. The van der Waals surface area contributed by atoms with Crippen molar-refractivity contribution < 1.29 is 23.0 Å². The first-order valence-electron chi connectivity index (χ1n) is 7.37. The van der Waals surface area contributed by atoms with E-state index in [0.717, 1.165) is 11.3 Å². The van der Waals surface area contributed by atoms with E-state index in [-0.39, 0.29) is 12.0 Å². The van der Waals surface area contributed by atoms with E-state index in [1.807, 2.05) is 30.9 Å². The van der Waals surface area contributed by atoms with Gasteiger partial charge in [-0.1, -0.05) is 12.2 Å². The fourth-order valence-corrected chi connectivity index (χ4v) is 2.40. The summed E-state index contributed by atoms with van der Waals surface area (Å²) in [7, 11) is 0. The van der Waals surface area contributed by atoms with Gasteiger partial charge in [0.05, 0.1) is 6.54 Å². The van der Waals surface area contributed by atoms with Crippen molar-refractivity contribution in [2.45, 2.75) is 26.7 Å². The molecule has 2 rings (SSSR count). The number of hydrogen-bond acceptors (Lipinski definition) is 4. The number of halogens is 2. The molecule has 0 aromatic heterocycles. The molecule has 0 spiro atoms. The first-order chi connectivity index (χ1) is 10.6. The van der Waals surface area contributed by atoms with Gasteiger partial charge in [-0.2, -0.15) is 8.78 Å². The Balaban J connectivity index is 2.16. The Morgan fingerprint density at radius 1 is 1.18 bits per heavy atom. The van der Waals surface area contributed by atoms with Crippen molar-refractivity contribution in [2.24, 2.45) is 0 Å². The van der Waals surface area contributed by atoms with Crippen LogP contribution in [-0.4, -0.2) is 39.2 Å². The molecule has 1 aliphatic heterocycles. The Labute approximate surface area is 129 Å². The van der Waals surface area contributed by atoms with Crippen molar-refractivity contribution in [2.75, 3.05) is 31.2 Å². The third kappa shape index (κ3) is 4.42. The Morgan fingerprint density at radius 2 is 1.91 bits per heavy atom. The summed E-state index contributed by atoms with van der Waals surface area (Å²) < 4.78 is 40.3. The summed E-state index contributed by atoms with van der Waals surface area (Å²) in [6, 6.07) is 4.94. The minimum Gasteiger partial charge on any atom is -0.435 e. The van der Waals surface area contributed by atoms with Crippen LogP contribution < -0.4 is 9.64 Å². The highest BCUT2D eigenvalue weighted by Crippen LogP contribution is 2.31. The van der Waals surface area contributed by atoms with Gasteiger partial charge in [-0.25, -0.2) is 0 Å². The van der Waals surface area contributed by atoms with Gasteiger partial charge in [-0.05, 0) is 31.5 Å². The summed E-state index contributed by atoms with van der Waals surface area (Å²) >= 11 is 0. The zero-order valence-electron chi connectivity index (χ0n) is 12.8. The van der Waals surface area contributed by atoms with Crippen LogP contribution in [0.2, 0.25) is 0 Å². The highest BCUT2D eigenvalue weighted by atomic mass is 19.3. The van der Waals surface area contributed by atoms with Crippen LogP contribution in [0.5, 0.6) is 5.75 Å². The van der Waals surface area contributed by atoms with Crippen LogP contribution in [0.4, 0.5) is 14.5 Å². The van der Waals surface area contributed by atoms with E-state index in [1.165, 1.54) is 0 Å². The molecule has 0 bridgehead atoms. The normalized spacial score (nSPS) is 13.8. The zero-order chi connectivity index (χ0) is 15.9. The molecule has 0 saturated carbocycles. The lowest BCUT2D eigenvalue weighted by molar-refractivity contribution is -0.129. The monoisotopic (exact) mass is 313 g/mol. The zero-order valence-corrected chi connectivity index (χ0v) is 12.8. The van der Waals surface area contributed by atoms with Gasteiger partial charge in [0.15, 0.2) is 6.29 Å². The van der Waals surface area contributed by atoms with Gasteiger partial charge in [0, 0.05) is 31.5 Å². The van der Waals surface area contributed by atoms with Crippen molar-refractivity contribution in [1.29, 1.82) is 0 Å². The van der Waals surface area contributed by atoms with Gasteiger partial charge in [0.25, 0.3) is 0 Å². The third-order valence-corrected chi connectivity index (χ3v) is 3.27. The fourth-order valence-electron chi connectivity index (χ4n) is 2.40. The number of benzene rings is 1. The average molecular weight is 313 g/mol. The van der Waals surface area contributed by atoms with Gasteiger partial charge < -0.3 is 19.1 Å². The highest BCUT2D eigenvalue weighted by Gasteiger charge is 2.19. The van der Waals surface area contributed by atoms with Crippen LogP contribution in [0, 0.1) is 0 Å². The van der Waals surface area contributed by atoms with Gasteiger partial charge in [0.1, 0.15) is 5.75 Å². The number of alkyl halides is 2. The molecule has 1 aromatic rings. The molecule has 0 aliphatic carbocycles. The smallest absolute Gasteiger partial charge is 0.387 e. The van der Waals surface area contributed by atoms with Crippen LogP contribution in [-0.2, 0) is 9.47 Å². The molecule has 1 heterocycles. The van der Waals surface area contributed by atoms with Crippen LogP contribution in [0.15, 0.2) is 24.3 Å². The van der Waals surface area contributed by atoms with Crippen molar-refractivity contribution in [3.05, 3.63) is 29.8 Å². The van der Waals surface area contributed by atoms with E-state index >= 15 is 0 Å². The van der Waals surface area contributed by atoms with Crippen molar-refractivity contribution in [3.63, 3.8) is 0 Å². The van der Waals surface area contributed by atoms with E-state index < -0.39 is 6.61 Å². The number of anilines is 1. The van der Waals surface area contributed by atoms with Gasteiger partial charge in [0.2, 0.25) is 0 Å². The van der Waals surface area contributed by atoms with Crippen molar-refractivity contribution in [3.8, 4) is 5.75 Å². The maximum absolute atomic E-state index is 12.4. The lowest BCUT2D eigenvalue weighted by atomic mass is 10.1. The third-order valence-electron chi connectivity index (χ3n) is 3.27. The first-order valence-corrected chi connectivity index (χ1v) is 7.37. The summed E-state index contributed by atoms with van der Waals surface area (Å²) in [4.78, 5) is 2.03. The van der Waals surface area contributed by atoms with E-state index in [2.05, 4.69) is 4.74 Å². The van der Waals surface area contributed by atoms with Crippen molar-refractivity contribution in [1.82, 2.24) is 0 Å². The number of fused-ring (bicyclic) bond motifs is 1. The molecule has 1 aliphatic rings. The van der Waals surface area contributed by atoms with E-state index in [0.29, 0.717) is 26.3 Å². The minimum atomic E-state index is -2.83. The summed E-state index contributed by atoms with van der Waals surface area (Å²) in [6.45, 7) is 3.28. The Morgan fingerprint density at radius 3 is 2.55 bits per heavy atom. The molecule has 22 heavy (non-hydrogen) atoms. The predicted octanol–water partition coefficient (Wildman–Crippen LogP) is 3.52. The summed E-state index contributed by atoms with van der Waals surface area (Å²) in [5, 5.41) is 0. The van der Waals surface area contributed by atoms with E-state index in [1.54, 1.807) is 18.2 Å². The van der Waals surface area contributed by atoms with Gasteiger partial charge in [-0.15, -0.1) is 0 Å². The molecule has 6 heteroatoms. The SMILES string of the molecule is CCOC(CN1CC=Cc2ccc(OC(F)F)cc21)OCC. The van der Waals surface area contributed by atoms with E-state index in [4.69, 9.17) is 9.47 Å². The molecule has 0 N–H and O–H groups in total. The number of rotatable bonds is 8.